The van der Waals surface area contributed by atoms with Crippen molar-refractivity contribution in [3.63, 3.8) is 0 Å². The zero-order valence-electron chi connectivity index (χ0n) is 18.2. The third kappa shape index (κ3) is 5.24. The summed E-state index contributed by atoms with van der Waals surface area (Å²) < 4.78 is 0. The van der Waals surface area contributed by atoms with Crippen molar-refractivity contribution < 1.29 is 19.5 Å². The monoisotopic (exact) mass is 471 g/mol. The van der Waals surface area contributed by atoms with Gasteiger partial charge >= 0.3 is 5.97 Å². The molecule has 0 saturated heterocycles. The van der Waals surface area contributed by atoms with Crippen molar-refractivity contribution in [1.82, 2.24) is 4.98 Å². The number of benzene rings is 3. The molecule has 0 saturated carbocycles. The Hall–Kier alpha value is -4.17. The van der Waals surface area contributed by atoms with Gasteiger partial charge in [-0.05, 0) is 60.8 Å². The van der Waals surface area contributed by atoms with Crippen molar-refractivity contribution >= 4 is 51.8 Å². The summed E-state index contributed by atoms with van der Waals surface area (Å²) in [7, 11) is 0. The number of thioether (sulfide) groups is 1. The number of hydrogen-bond donors (Lipinski definition) is 3. The normalized spacial score (nSPS) is 11.6. The lowest BCUT2D eigenvalue weighted by molar-refractivity contribution is -0.115. The number of aromatic carboxylic acids is 1. The van der Waals surface area contributed by atoms with E-state index in [9.17, 15) is 19.5 Å². The molecular formula is C26H21N3O4S. The highest BCUT2D eigenvalue weighted by molar-refractivity contribution is 8.00. The molecule has 7 nitrogen and oxygen atoms in total. The summed E-state index contributed by atoms with van der Waals surface area (Å²) in [4.78, 5) is 42.0. The van der Waals surface area contributed by atoms with Crippen molar-refractivity contribution in [3.05, 3.63) is 96.2 Å². The van der Waals surface area contributed by atoms with Crippen molar-refractivity contribution in [2.45, 2.75) is 17.1 Å². The van der Waals surface area contributed by atoms with Crippen LogP contribution in [0, 0.1) is 0 Å². The second-order valence-corrected chi connectivity index (χ2v) is 8.87. The fourth-order valence-electron chi connectivity index (χ4n) is 3.45. The number of anilines is 2. The number of rotatable bonds is 7. The number of carboxylic acid groups (broad SMARTS) is 1. The number of nitrogens with zero attached hydrogens (tertiary/aromatic N) is 1. The number of fused-ring (bicyclic) bond motifs is 1. The Morgan fingerprint density at radius 1 is 0.853 bits per heavy atom. The summed E-state index contributed by atoms with van der Waals surface area (Å²) in [6.45, 7) is 1.80. The number of amides is 2. The number of carbonyl (C=O) groups is 3. The summed E-state index contributed by atoms with van der Waals surface area (Å²) in [6.07, 6.45) is 1.61. The summed E-state index contributed by atoms with van der Waals surface area (Å²) >= 11 is 1.38. The van der Waals surface area contributed by atoms with E-state index in [2.05, 4.69) is 15.6 Å². The Kier molecular flexibility index (Phi) is 6.89. The highest BCUT2D eigenvalue weighted by atomic mass is 32.2. The average molecular weight is 472 g/mol. The molecule has 1 unspecified atom stereocenters. The van der Waals surface area contributed by atoms with Gasteiger partial charge in [0.25, 0.3) is 5.91 Å². The molecule has 34 heavy (non-hydrogen) atoms. The van der Waals surface area contributed by atoms with Crippen LogP contribution >= 0.6 is 11.8 Å². The maximum absolute atomic E-state index is 13.0. The van der Waals surface area contributed by atoms with Crippen molar-refractivity contribution in [3.8, 4) is 0 Å². The van der Waals surface area contributed by atoms with Gasteiger partial charge in [0.1, 0.15) is 5.82 Å². The lowest BCUT2D eigenvalue weighted by Crippen LogP contribution is -2.22. The molecule has 4 rings (SSSR count). The van der Waals surface area contributed by atoms with Gasteiger partial charge in [-0.15, -0.1) is 11.8 Å². The predicted molar refractivity (Wildman–Crippen MR) is 133 cm³/mol. The minimum atomic E-state index is -1.09. The summed E-state index contributed by atoms with van der Waals surface area (Å²) in [5.41, 5.74) is 0.923. The van der Waals surface area contributed by atoms with Crippen LogP contribution in [0.3, 0.4) is 0 Å². The molecule has 3 aromatic carbocycles. The third-order valence-electron chi connectivity index (χ3n) is 5.09. The van der Waals surface area contributed by atoms with E-state index in [1.807, 2.05) is 12.1 Å². The minimum absolute atomic E-state index is 0.0768. The van der Waals surface area contributed by atoms with E-state index in [4.69, 9.17) is 0 Å². The average Bonchev–Trinajstić information content (AvgIpc) is 2.85. The Morgan fingerprint density at radius 2 is 1.56 bits per heavy atom. The van der Waals surface area contributed by atoms with Crippen molar-refractivity contribution in [2.75, 3.05) is 10.6 Å². The van der Waals surface area contributed by atoms with E-state index in [-0.39, 0.29) is 22.3 Å². The van der Waals surface area contributed by atoms with E-state index in [1.54, 1.807) is 73.8 Å². The summed E-state index contributed by atoms with van der Waals surface area (Å²) in [5, 5.41) is 15.9. The standard InChI is InChI=1S/C26H21N3O4S/c1-16(24(30)29-22-10-2-3-15-27-22)34-19-13-11-18(12-14-19)28-25(31)20-8-4-6-17-7-5-9-21(23(17)20)26(32)33/h2-16H,1H3,(H,28,31)(H,32,33)(H,27,29,30). The van der Waals surface area contributed by atoms with Gasteiger partial charge < -0.3 is 15.7 Å². The maximum atomic E-state index is 13.0. The first kappa shape index (κ1) is 23.0. The van der Waals surface area contributed by atoms with Gasteiger partial charge in [-0.25, -0.2) is 9.78 Å². The summed E-state index contributed by atoms with van der Waals surface area (Å²) in [5.74, 6) is -1.15. The largest absolute Gasteiger partial charge is 0.478 e. The Labute approximate surface area is 200 Å². The quantitative estimate of drug-likeness (QED) is 0.316. The van der Waals surface area contributed by atoms with Crippen LogP contribution in [0.4, 0.5) is 11.5 Å². The number of carboxylic acids is 1. The summed E-state index contributed by atoms with van der Waals surface area (Å²) in [6, 6.07) is 22.4. The zero-order chi connectivity index (χ0) is 24.1. The molecule has 1 aromatic heterocycles. The molecule has 3 N–H and O–H groups in total. The van der Waals surface area contributed by atoms with E-state index >= 15 is 0 Å². The van der Waals surface area contributed by atoms with Crippen LogP contribution in [-0.4, -0.2) is 33.1 Å². The molecule has 0 radical (unpaired) electrons. The van der Waals surface area contributed by atoms with Crippen LogP contribution in [0.15, 0.2) is 90.0 Å². The van der Waals surface area contributed by atoms with E-state index in [0.717, 1.165) is 4.90 Å². The number of aromatic nitrogens is 1. The molecule has 0 aliphatic heterocycles. The van der Waals surface area contributed by atoms with Crippen molar-refractivity contribution in [2.24, 2.45) is 0 Å². The van der Waals surface area contributed by atoms with E-state index in [1.165, 1.54) is 17.8 Å². The van der Waals surface area contributed by atoms with Crippen LogP contribution < -0.4 is 10.6 Å². The minimum Gasteiger partial charge on any atom is -0.478 e. The van der Waals surface area contributed by atoms with E-state index < -0.39 is 11.9 Å². The number of nitrogens with one attached hydrogen (secondary N) is 2. The Balaban J connectivity index is 1.45. The maximum Gasteiger partial charge on any atom is 0.336 e. The first-order valence-electron chi connectivity index (χ1n) is 10.5. The molecule has 0 spiro atoms. The topological polar surface area (TPSA) is 108 Å². The molecule has 0 aliphatic rings. The highest BCUT2D eigenvalue weighted by Crippen LogP contribution is 2.27. The van der Waals surface area contributed by atoms with Crippen LogP contribution in [0.2, 0.25) is 0 Å². The number of pyridine rings is 1. The number of carbonyl (C=O) groups excluding carboxylic acids is 2. The smallest absolute Gasteiger partial charge is 0.336 e. The van der Waals surface area contributed by atoms with Crippen molar-refractivity contribution in [1.29, 1.82) is 0 Å². The zero-order valence-corrected chi connectivity index (χ0v) is 19.0. The lowest BCUT2D eigenvalue weighted by Gasteiger charge is -2.13. The predicted octanol–water partition coefficient (Wildman–Crippen LogP) is 5.30. The van der Waals surface area contributed by atoms with Gasteiger partial charge in [-0.1, -0.05) is 30.3 Å². The molecular weight excluding hydrogens is 450 g/mol. The molecule has 1 heterocycles. The molecule has 1 atom stereocenters. The lowest BCUT2D eigenvalue weighted by atomic mass is 9.98. The van der Waals surface area contributed by atoms with Crippen LogP contribution in [0.5, 0.6) is 0 Å². The van der Waals surface area contributed by atoms with Gasteiger partial charge in [0.05, 0.1) is 10.8 Å². The fourth-order valence-corrected chi connectivity index (χ4v) is 4.31. The van der Waals surface area contributed by atoms with Gasteiger partial charge in [-0.3, -0.25) is 9.59 Å². The van der Waals surface area contributed by atoms with E-state index in [0.29, 0.717) is 22.3 Å². The van der Waals surface area contributed by atoms with Gasteiger partial charge in [0, 0.05) is 27.7 Å². The molecule has 0 fully saturated rings. The van der Waals surface area contributed by atoms with Crippen LogP contribution in [-0.2, 0) is 4.79 Å². The Bertz CT molecular complexity index is 1350. The van der Waals surface area contributed by atoms with Gasteiger partial charge in [-0.2, -0.15) is 0 Å². The molecule has 2 amide bonds. The van der Waals surface area contributed by atoms with Crippen LogP contribution in [0.25, 0.3) is 10.8 Å². The first-order valence-corrected chi connectivity index (χ1v) is 11.4. The van der Waals surface area contributed by atoms with Gasteiger partial charge in [0.15, 0.2) is 0 Å². The Morgan fingerprint density at radius 3 is 2.21 bits per heavy atom. The number of hydrogen-bond acceptors (Lipinski definition) is 5. The molecule has 170 valence electrons. The first-order chi connectivity index (χ1) is 16.4. The fraction of sp³-hybridized carbons (Fsp3) is 0.0769. The third-order valence-corrected chi connectivity index (χ3v) is 6.20. The molecule has 0 aliphatic carbocycles. The van der Waals surface area contributed by atoms with Gasteiger partial charge in [0.2, 0.25) is 5.91 Å². The molecule has 4 aromatic rings. The molecule has 8 heteroatoms. The highest BCUT2D eigenvalue weighted by Gasteiger charge is 2.17. The molecule has 0 bridgehead atoms. The second kappa shape index (κ2) is 10.2. The van der Waals surface area contributed by atoms with Crippen LogP contribution in [0.1, 0.15) is 27.6 Å². The second-order valence-electron chi connectivity index (χ2n) is 7.46. The SMILES string of the molecule is CC(Sc1ccc(NC(=O)c2cccc3cccc(C(=O)O)c23)cc1)C(=O)Nc1ccccn1.